The quantitative estimate of drug-likeness (QED) is 0.739. The lowest BCUT2D eigenvalue weighted by Crippen LogP contribution is -2.41. The highest BCUT2D eigenvalue weighted by Crippen LogP contribution is 2.23. The lowest BCUT2D eigenvalue weighted by molar-refractivity contribution is 0.109. The van der Waals surface area contributed by atoms with Gasteiger partial charge in [0.05, 0.1) is 11.4 Å². The fourth-order valence-corrected chi connectivity index (χ4v) is 3.35. The zero-order valence-electron chi connectivity index (χ0n) is 14.5. The number of nitrogens with zero attached hydrogens (tertiary/aromatic N) is 4. The Morgan fingerprint density at radius 3 is 1.95 bits per heavy atom. The van der Waals surface area contributed by atoms with Crippen LogP contribution in [0.3, 0.4) is 0 Å². The summed E-state index contributed by atoms with van der Waals surface area (Å²) in [6.07, 6.45) is 7.68. The van der Waals surface area contributed by atoms with Crippen LogP contribution in [0.1, 0.15) is 73.1 Å². The van der Waals surface area contributed by atoms with E-state index in [1.54, 1.807) is 0 Å². The van der Waals surface area contributed by atoms with Gasteiger partial charge in [0, 0.05) is 24.7 Å². The van der Waals surface area contributed by atoms with Crippen LogP contribution in [-0.2, 0) is 0 Å². The van der Waals surface area contributed by atoms with Crippen molar-refractivity contribution in [1.29, 1.82) is 0 Å². The van der Waals surface area contributed by atoms with Gasteiger partial charge in [0.15, 0.2) is 0 Å². The van der Waals surface area contributed by atoms with Crippen molar-refractivity contribution in [2.45, 2.75) is 91.3 Å². The molecule has 4 heteroatoms. The number of hydrogen-bond acceptors (Lipinski definition) is 4. The summed E-state index contributed by atoms with van der Waals surface area (Å²) in [7, 11) is 0. The summed E-state index contributed by atoms with van der Waals surface area (Å²) in [4.78, 5) is 0. The SMILES string of the molecule is CC(=N\N1CCCCC1C)/C(C)=N/N1C(C)CCCC1C. The van der Waals surface area contributed by atoms with E-state index in [0.717, 1.165) is 18.0 Å². The molecule has 2 aliphatic heterocycles. The summed E-state index contributed by atoms with van der Waals surface area (Å²) in [5.41, 5.74) is 2.13. The molecular weight excluding hydrogens is 260 g/mol. The molecule has 120 valence electrons. The molecule has 0 spiro atoms. The van der Waals surface area contributed by atoms with Crippen LogP contribution in [0, 0.1) is 0 Å². The summed E-state index contributed by atoms with van der Waals surface area (Å²) >= 11 is 0. The van der Waals surface area contributed by atoms with Crippen molar-refractivity contribution < 1.29 is 0 Å². The second-order valence-electron chi connectivity index (χ2n) is 6.89. The summed E-state index contributed by atoms with van der Waals surface area (Å²) in [6, 6.07) is 1.66. The van der Waals surface area contributed by atoms with Gasteiger partial charge in [-0.05, 0) is 73.1 Å². The maximum atomic E-state index is 4.88. The molecule has 2 saturated heterocycles. The Bertz CT molecular complexity index is 392. The smallest absolute Gasteiger partial charge is 0.0804 e. The average molecular weight is 292 g/mol. The van der Waals surface area contributed by atoms with Gasteiger partial charge in [-0.3, -0.25) is 10.0 Å². The van der Waals surface area contributed by atoms with E-state index in [9.17, 15) is 0 Å². The molecule has 2 aliphatic rings. The predicted molar refractivity (Wildman–Crippen MR) is 90.9 cm³/mol. The Balaban J connectivity index is 2.06. The fraction of sp³-hybridized carbons (Fsp3) is 0.882. The van der Waals surface area contributed by atoms with Crippen molar-refractivity contribution in [3.8, 4) is 0 Å². The van der Waals surface area contributed by atoms with Gasteiger partial charge in [-0.15, -0.1) is 0 Å². The third-order valence-electron chi connectivity index (χ3n) is 4.98. The molecule has 0 radical (unpaired) electrons. The minimum atomic E-state index is 0.547. The summed E-state index contributed by atoms with van der Waals surface area (Å²) in [5.74, 6) is 0. The highest BCUT2D eigenvalue weighted by molar-refractivity contribution is 6.40. The largest absolute Gasteiger partial charge is 0.294 e. The van der Waals surface area contributed by atoms with Gasteiger partial charge in [0.1, 0.15) is 0 Å². The molecule has 0 aromatic rings. The van der Waals surface area contributed by atoms with Crippen molar-refractivity contribution >= 4 is 11.4 Å². The van der Waals surface area contributed by atoms with E-state index in [1.165, 1.54) is 38.5 Å². The number of hydrazone groups is 2. The Kier molecular flexibility index (Phi) is 5.65. The van der Waals surface area contributed by atoms with Crippen molar-refractivity contribution in [1.82, 2.24) is 10.0 Å². The van der Waals surface area contributed by atoms with E-state index < -0.39 is 0 Å². The zero-order chi connectivity index (χ0) is 15.4. The van der Waals surface area contributed by atoms with Gasteiger partial charge in [0.2, 0.25) is 0 Å². The predicted octanol–water partition coefficient (Wildman–Crippen LogP) is 3.88. The molecule has 2 heterocycles. The van der Waals surface area contributed by atoms with Crippen LogP contribution in [0.4, 0.5) is 0 Å². The first-order valence-electron chi connectivity index (χ1n) is 8.64. The topological polar surface area (TPSA) is 31.2 Å². The molecule has 0 aliphatic carbocycles. The molecule has 0 bridgehead atoms. The van der Waals surface area contributed by atoms with Crippen molar-refractivity contribution in [2.75, 3.05) is 6.54 Å². The van der Waals surface area contributed by atoms with E-state index in [0.29, 0.717) is 18.1 Å². The van der Waals surface area contributed by atoms with Gasteiger partial charge in [0.25, 0.3) is 0 Å². The Morgan fingerprint density at radius 2 is 1.33 bits per heavy atom. The molecule has 0 aromatic carbocycles. The molecule has 3 unspecified atom stereocenters. The number of rotatable bonds is 3. The Hall–Kier alpha value is -1.06. The fourth-order valence-electron chi connectivity index (χ4n) is 3.35. The minimum Gasteiger partial charge on any atom is -0.294 e. The van der Waals surface area contributed by atoms with Gasteiger partial charge in [-0.1, -0.05) is 0 Å². The molecule has 0 amide bonds. The molecule has 21 heavy (non-hydrogen) atoms. The van der Waals surface area contributed by atoms with Crippen LogP contribution < -0.4 is 0 Å². The maximum absolute atomic E-state index is 4.88. The van der Waals surface area contributed by atoms with Crippen LogP contribution in [0.2, 0.25) is 0 Å². The minimum absolute atomic E-state index is 0.547. The normalized spacial score (nSPS) is 32.5. The third kappa shape index (κ3) is 4.21. The van der Waals surface area contributed by atoms with Crippen LogP contribution in [0.5, 0.6) is 0 Å². The number of hydrogen-bond donors (Lipinski definition) is 0. The Labute approximate surface area is 130 Å². The van der Waals surface area contributed by atoms with Gasteiger partial charge < -0.3 is 0 Å². The molecule has 0 N–H and O–H groups in total. The highest BCUT2D eigenvalue weighted by Gasteiger charge is 2.24. The van der Waals surface area contributed by atoms with Crippen molar-refractivity contribution in [3.05, 3.63) is 0 Å². The molecule has 3 atom stereocenters. The zero-order valence-corrected chi connectivity index (χ0v) is 14.5. The first-order chi connectivity index (χ1) is 9.99. The maximum Gasteiger partial charge on any atom is 0.0804 e. The highest BCUT2D eigenvalue weighted by atomic mass is 15.5. The lowest BCUT2D eigenvalue weighted by Gasteiger charge is -2.37. The van der Waals surface area contributed by atoms with Crippen LogP contribution in [0.15, 0.2) is 10.2 Å². The van der Waals surface area contributed by atoms with E-state index in [-0.39, 0.29) is 0 Å². The molecule has 2 fully saturated rings. The monoisotopic (exact) mass is 292 g/mol. The molecule has 2 rings (SSSR count). The summed E-state index contributed by atoms with van der Waals surface area (Å²) < 4.78 is 0. The van der Waals surface area contributed by atoms with Crippen LogP contribution in [0.25, 0.3) is 0 Å². The van der Waals surface area contributed by atoms with Crippen LogP contribution >= 0.6 is 0 Å². The lowest BCUT2D eigenvalue weighted by atomic mass is 10.00. The summed E-state index contributed by atoms with van der Waals surface area (Å²) in [5, 5.41) is 14.2. The molecule has 0 aromatic heterocycles. The second kappa shape index (κ2) is 7.28. The number of piperidine rings is 2. The van der Waals surface area contributed by atoms with E-state index in [2.05, 4.69) is 44.6 Å². The first kappa shape index (κ1) is 16.3. The van der Waals surface area contributed by atoms with Gasteiger partial charge >= 0.3 is 0 Å². The van der Waals surface area contributed by atoms with Crippen molar-refractivity contribution in [3.63, 3.8) is 0 Å². The summed E-state index contributed by atoms with van der Waals surface area (Å²) in [6.45, 7) is 12.1. The van der Waals surface area contributed by atoms with Crippen molar-refractivity contribution in [2.24, 2.45) is 10.2 Å². The van der Waals surface area contributed by atoms with E-state index >= 15 is 0 Å². The molecule has 0 saturated carbocycles. The van der Waals surface area contributed by atoms with E-state index in [4.69, 9.17) is 10.2 Å². The van der Waals surface area contributed by atoms with E-state index in [1.807, 2.05) is 0 Å². The molecule has 4 nitrogen and oxygen atoms in total. The van der Waals surface area contributed by atoms with Gasteiger partial charge in [-0.25, -0.2) is 0 Å². The first-order valence-corrected chi connectivity index (χ1v) is 8.64. The standard InChI is InChI=1S/C17H32N4/c1-13-9-6-7-12-20(13)18-16(4)17(5)19-21-14(2)10-8-11-15(21)3/h13-15H,6-12H2,1-5H3/b18-16+,19-17+. The third-order valence-corrected chi connectivity index (χ3v) is 4.98. The van der Waals surface area contributed by atoms with Gasteiger partial charge in [-0.2, -0.15) is 10.2 Å². The Morgan fingerprint density at radius 1 is 0.762 bits per heavy atom. The average Bonchev–Trinajstić information content (AvgIpc) is 2.45. The molecular formula is C17H32N4. The van der Waals surface area contributed by atoms with Crippen LogP contribution in [-0.4, -0.2) is 46.1 Å². The second-order valence-corrected chi connectivity index (χ2v) is 6.89.